The number of carboxylic acid groups (broad SMARTS) is 1. The van der Waals surface area contributed by atoms with Crippen molar-refractivity contribution in [3.05, 3.63) is 34.7 Å². The third kappa shape index (κ3) is 5.87. The van der Waals surface area contributed by atoms with Crippen LogP contribution in [0.2, 0.25) is 0 Å². The van der Waals surface area contributed by atoms with Gasteiger partial charge in [-0.2, -0.15) is 4.98 Å². The Balaban J connectivity index is 1.39. The van der Waals surface area contributed by atoms with Crippen LogP contribution < -0.4 is 15.0 Å². The van der Waals surface area contributed by atoms with Gasteiger partial charge in [0.05, 0.1) is 10.7 Å². The van der Waals surface area contributed by atoms with Gasteiger partial charge < -0.3 is 24.8 Å². The highest BCUT2D eigenvalue weighted by atomic mass is 79.9. The van der Waals surface area contributed by atoms with E-state index in [1.807, 2.05) is 0 Å². The van der Waals surface area contributed by atoms with Gasteiger partial charge in [0, 0.05) is 52.1 Å². The molecule has 9 nitrogen and oxygen atoms in total. The molecule has 2 aromatic heterocycles. The Bertz CT molecular complexity index is 1130. The molecule has 0 aliphatic carbocycles. The molecule has 1 aliphatic rings. The van der Waals surface area contributed by atoms with Crippen molar-refractivity contribution in [2.45, 2.75) is 31.4 Å². The van der Waals surface area contributed by atoms with Crippen LogP contribution in [0.4, 0.5) is 15.5 Å². The second-order valence-corrected chi connectivity index (χ2v) is 9.41. The molecule has 0 saturated carbocycles. The number of aliphatic carboxylic acids is 1. The molecule has 0 radical (unpaired) electrons. The molecule has 1 saturated heterocycles. The number of carboxylic acids is 1. The van der Waals surface area contributed by atoms with E-state index < -0.39 is 12.0 Å². The highest BCUT2D eigenvalue weighted by Crippen LogP contribution is 2.30. The van der Waals surface area contributed by atoms with Gasteiger partial charge in [-0.1, -0.05) is 11.3 Å². The van der Waals surface area contributed by atoms with Crippen molar-refractivity contribution >= 4 is 54.7 Å². The maximum atomic E-state index is 13.5. The SMILES string of the molecule is COCCC(Nc1nc2cnc(N3CCC(Oc4cc(F)ccc4Br)CC3)nc2s1)C(=O)O. The summed E-state index contributed by atoms with van der Waals surface area (Å²) in [6.07, 6.45) is 3.44. The summed E-state index contributed by atoms with van der Waals surface area (Å²) in [4.78, 5) is 27.7. The van der Waals surface area contributed by atoms with Crippen molar-refractivity contribution in [1.82, 2.24) is 15.0 Å². The van der Waals surface area contributed by atoms with E-state index in [0.717, 1.165) is 17.3 Å². The molecule has 3 aromatic rings. The monoisotopic (exact) mass is 539 g/mol. The van der Waals surface area contributed by atoms with Gasteiger partial charge in [0.1, 0.15) is 29.2 Å². The second kappa shape index (κ2) is 10.6. The third-order valence-electron chi connectivity index (χ3n) is 5.26. The first-order chi connectivity index (χ1) is 15.9. The number of fused-ring (bicyclic) bond motifs is 1. The Labute approximate surface area is 202 Å². The normalized spacial score (nSPS) is 15.5. The zero-order valence-electron chi connectivity index (χ0n) is 17.8. The number of benzene rings is 1. The van der Waals surface area contributed by atoms with Gasteiger partial charge in [0.15, 0.2) is 9.96 Å². The van der Waals surface area contributed by atoms with Crippen molar-refractivity contribution in [1.29, 1.82) is 0 Å². The zero-order chi connectivity index (χ0) is 23.4. The fourth-order valence-corrected chi connectivity index (χ4v) is 4.70. The van der Waals surface area contributed by atoms with E-state index in [2.05, 4.69) is 41.1 Å². The summed E-state index contributed by atoms with van der Waals surface area (Å²) in [5.74, 6) is -0.203. The molecule has 0 amide bonds. The molecule has 0 bridgehead atoms. The molecule has 4 rings (SSSR count). The van der Waals surface area contributed by atoms with E-state index in [0.29, 0.717) is 53.3 Å². The van der Waals surface area contributed by atoms with Crippen LogP contribution in [0.1, 0.15) is 19.3 Å². The summed E-state index contributed by atoms with van der Waals surface area (Å²) >= 11 is 4.69. The van der Waals surface area contributed by atoms with Gasteiger partial charge in [-0.25, -0.2) is 19.2 Å². The van der Waals surface area contributed by atoms with Gasteiger partial charge in [-0.05, 0) is 28.1 Å². The number of ether oxygens (including phenoxy) is 2. The molecule has 1 aromatic carbocycles. The van der Waals surface area contributed by atoms with Crippen LogP contribution in [0, 0.1) is 5.82 Å². The maximum Gasteiger partial charge on any atom is 0.326 e. The topological polar surface area (TPSA) is 110 Å². The Morgan fingerprint density at radius 3 is 2.91 bits per heavy atom. The van der Waals surface area contributed by atoms with Crippen LogP contribution in [-0.4, -0.2) is 65.0 Å². The highest BCUT2D eigenvalue weighted by molar-refractivity contribution is 9.10. The molecule has 1 atom stereocenters. The molecule has 176 valence electrons. The fraction of sp³-hybridized carbons (Fsp3) is 0.429. The Morgan fingerprint density at radius 1 is 1.39 bits per heavy atom. The molecule has 33 heavy (non-hydrogen) atoms. The number of carbonyl (C=O) groups is 1. The fourth-order valence-electron chi connectivity index (χ4n) is 3.50. The van der Waals surface area contributed by atoms with Crippen molar-refractivity contribution in [2.75, 3.05) is 37.0 Å². The van der Waals surface area contributed by atoms with Crippen LogP contribution in [-0.2, 0) is 9.53 Å². The number of hydrogen-bond donors (Lipinski definition) is 2. The molecule has 2 N–H and O–H groups in total. The number of nitrogens with zero attached hydrogens (tertiary/aromatic N) is 4. The molecular weight excluding hydrogens is 517 g/mol. The van der Waals surface area contributed by atoms with Gasteiger partial charge in [-0.15, -0.1) is 0 Å². The standard InChI is InChI=1S/C21H23BrFN5O4S/c1-31-9-6-15(19(29)30)25-21-26-16-11-24-20(27-18(16)33-21)28-7-4-13(5-8-28)32-17-10-12(23)2-3-14(17)22/h2-3,10-11,13,15H,4-9H2,1H3,(H,25,26)(H,29,30). The zero-order valence-corrected chi connectivity index (χ0v) is 20.2. The second-order valence-electron chi connectivity index (χ2n) is 7.58. The lowest BCUT2D eigenvalue weighted by Crippen LogP contribution is -2.39. The maximum absolute atomic E-state index is 13.5. The van der Waals surface area contributed by atoms with E-state index in [1.54, 1.807) is 12.3 Å². The molecule has 1 aliphatic heterocycles. The average Bonchev–Trinajstić information content (AvgIpc) is 3.21. The number of rotatable bonds is 9. The van der Waals surface area contributed by atoms with Crippen molar-refractivity contribution in [2.24, 2.45) is 0 Å². The van der Waals surface area contributed by atoms with E-state index >= 15 is 0 Å². The lowest BCUT2D eigenvalue weighted by Gasteiger charge is -2.32. The van der Waals surface area contributed by atoms with Crippen LogP contribution in [0.15, 0.2) is 28.9 Å². The molecule has 0 spiro atoms. The summed E-state index contributed by atoms with van der Waals surface area (Å²) in [6.45, 7) is 1.73. The summed E-state index contributed by atoms with van der Waals surface area (Å²) in [7, 11) is 1.53. The number of aromatic nitrogens is 3. The number of anilines is 2. The summed E-state index contributed by atoms with van der Waals surface area (Å²) < 4.78 is 25.2. The van der Waals surface area contributed by atoms with Crippen LogP contribution in [0.5, 0.6) is 5.75 Å². The van der Waals surface area contributed by atoms with Crippen LogP contribution in [0.25, 0.3) is 10.3 Å². The minimum Gasteiger partial charge on any atom is -0.489 e. The van der Waals surface area contributed by atoms with E-state index in [-0.39, 0.29) is 11.9 Å². The number of methoxy groups -OCH3 is 1. The summed E-state index contributed by atoms with van der Waals surface area (Å²) in [5, 5.41) is 12.8. The highest BCUT2D eigenvalue weighted by Gasteiger charge is 2.24. The molecule has 1 fully saturated rings. The Kier molecular flexibility index (Phi) is 7.56. The van der Waals surface area contributed by atoms with Gasteiger partial charge in [0.25, 0.3) is 0 Å². The van der Waals surface area contributed by atoms with Crippen molar-refractivity contribution < 1.29 is 23.8 Å². The number of halogens is 2. The molecule has 12 heteroatoms. The minimum atomic E-state index is -0.964. The largest absolute Gasteiger partial charge is 0.489 e. The smallest absolute Gasteiger partial charge is 0.326 e. The van der Waals surface area contributed by atoms with Gasteiger partial charge in [0.2, 0.25) is 5.95 Å². The van der Waals surface area contributed by atoms with Gasteiger partial charge >= 0.3 is 5.97 Å². The summed E-state index contributed by atoms with van der Waals surface area (Å²) in [5.41, 5.74) is 0.608. The number of hydrogen-bond acceptors (Lipinski definition) is 9. The lowest BCUT2D eigenvalue weighted by atomic mass is 10.1. The van der Waals surface area contributed by atoms with E-state index in [9.17, 15) is 14.3 Å². The van der Waals surface area contributed by atoms with Gasteiger partial charge in [-0.3, -0.25) is 0 Å². The predicted molar refractivity (Wildman–Crippen MR) is 127 cm³/mol. The number of nitrogens with one attached hydrogen (secondary N) is 1. The lowest BCUT2D eigenvalue weighted by molar-refractivity contribution is -0.138. The van der Waals surface area contributed by atoms with E-state index in [1.165, 1.54) is 30.6 Å². The third-order valence-corrected chi connectivity index (χ3v) is 6.81. The minimum absolute atomic E-state index is 0.0256. The van der Waals surface area contributed by atoms with Crippen LogP contribution in [0.3, 0.4) is 0 Å². The molecule has 3 heterocycles. The molecular formula is C21H23BrFN5O4S. The first-order valence-corrected chi connectivity index (χ1v) is 12.0. The Morgan fingerprint density at radius 2 is 2.18 bits per heavy atom. The average molecular weight is 540 g/mol. The quantitative estimate of drug-likeness (QED) is 0.417. The summed E-state index contributed by atoms with van der Waals surface area (Å²) in [6, 6.07) is 3.61. The Hall–Kier alpha value is -2.57. The first kappa shape index (κ1) is 23.6. The number of thiazole rings is 1. The van der Waals surface area contributed by atoms with Crippen molar-refractivity contribution in [3.63, 3.8) is 0 Å². The van der Waals surface area contributed by atoms with Crippen LogP contribution >= 0.6 is 27.3 Å². The number of piperidine rings is 1. The van der Waals surface area contributed by atoms with E-state index in [4.69, 9.17) is 9.47 Å². The predicted octanol–water partition coefficient (Wildman–Crippen LogP) is 3.94. The van der Waals surface area contributed by atoms with Crippen molar-refractivity contribution in [3.8, 4) is 5.75 Å². The first-order valence-electron chi connectivity index (χ1n) is 10.4. The molecule has 1 unspecified atom stereocenters.